The summed E-state index contributed by atoms with van der Waals surface area (Å²) in [5, 5.41) is 0.229. The summed E-state index contributed by atoms with van der Waals surface area (Å²) in [6.07, 6.45) is 11.3. The van der Waals surface area contributed by atoms with Crippen molar-refractivity contribution >= 4 is 12.0 Å². The van der Waals surface area contributed by atoms with Crippen molar-refractivity contribution in [3.05, 3.63) is 59.4 Å². The first-order valence-electron chi connectivity index (χ1n) is 11.3. The third kappa shape index (κ3) is 9.96. The Morgan fingerprint density at radius 1 is 0.935 bits per heavy atom. The van der Waals surface area contributed by atoms with Gasteiger partial charge in [-0.05, 0) is 78.7 Å². The van der Waals surface area contributed by atoms with Crippen molar-refractivity contribution in [2.75, 3.05) is 14.2 Å². The first-order valence-corrected chi connectivity index (χ1v) is 12.2. The van der Waals surface area contributed by atoms with E-state index in [4.69, 9.17) is 14.0 Å². The van der Waals surface area contributed by atoms with Gasteiger partial charge >= 0.3 is 0 Å². The third-order valence-corrected chi connectivity index (χ3v) is 5.97. The van der Waals surface area contributed by atoms with Crippen molar-refractivity contribution in [2.45, 2.75) is 75.9 Å². The number of hydrogen-bond acceptors (Lipinski definition) is 4. The molecule has 1 unspecified atom stereocenters. The maximum Gasteiger partial charge on any atom is 0.126 e. The first-order chi connectivity index (χ1) is 15.1. The standard InChI is InChI=1S/C13H17FO.C10H14O2S.C3H6/c1-15-11-7-8-13(14)12(9-11)10-5-3-2-4-6-10;1-8(13-11)6-9-4-3-5-10(7-9)12-2;1-2-3-1/h7-10H,2-6H2,1H3;3-5,7-8,11H,6H2,1-2H3;1-3H2. The van der Waals surface area contributed by atoms with E-state index in [1.165, 1.54) is 50.2 Å². The lowest BCUT2D eigenvalue weighted by atomic mass is 9.84. The molecule has 2 fully saturated rings. The molecular weight excluding hydrogens is 411 g/mol. The van der Waals surface area contributed by atoms with Crippen molar-refractivity contribution < 1.29 is 18.4 Å². The molecule has 172 valence electrons. The minimum Gasteiger partial charge on any atom is -0.497 e. The summed E-state index contributed by atoms with van der Waals surface area (Å²) in [4.78, 5) is 0. The molecule has 0 heterocycles. The minimum absolute atomic E-state index is 0.0808. The van der Waals surface area contributed by atoms with Gasteiger partial charge in [0, 0.05) is 5.25 Å². The minimum atomic E-state index is -0.0808. The van der Waals surface area contributed by atoms with Crippen LogP contribution in [0.2, 0.25) is 0 Å². The van der Waals surface area contributed by atoms with E-state index in [1.54, 1.807) is 20.3 Å². The summed E-state index contributed by atoms with van der Waals surface area (Å²) in [6.45, 7) is 1.99. The van der Waals surface area contributed by atoms with E-state index in [2.05, 4.69) is 0 Å². The van der Waals surface area contributed by atoms with Crippen LogP contribution in [-0.4, -0.2) is 24.0 Å². The fraction of sp³-hybridized carbons (Fsp3) is 0.538. The molecule has 0 bridgehead atoms. The molecule has 5 heteroatoms. The number of benzene rings is 2. The topological polar surface area (TPSA) is 38.7 Å². The molecule has 2 saturated carbocycles. The maximum atomic E-state index is 13.6. The van der Waals surface area contributed by atoms with Crippen molar-refractivity contribution in [3.8, 4) is 11.5 Å². The molecule has 0 radical (unpaired) electrons. The van der Waals surface area contributed by atoms with E-state index in [1.807, 2.05) is 37.3 Å². The lowest BCUT2D eigenvalue weighted by molar-refractivity contribution is 0.403. The van der Waals surface area contributed by atoms with Crippen molar-refractivity contribution in [3.63, 3.8) is 0 Å². The van der Waals surface area contributed by atoms with Gasteiger partial charge in [0.15, 0.2) is 0 Å². The normalized spacial score (nSPS) is 16.2. The Kier molecular flexibility index (Phi) is 11.8. The average Bonchev–Trinajstić information content (AvgIpc) is 3.70. The van der Waals surface area contributed by atoms with Gasteiger partial charge in [-0.15, -0.1) is 0 Å². The van der Waals surface area contributed by atoms with Crippen LogP contribution < -0.4 is 9.47 Å². The van der Waals surface area contributed by atoms with Crippen molar-refractivity contribution in [2.24, 2.45) is 0 Å². The Bertz CT molecular complexity index is 757. The Labute approximate surface area is 191 Å². The highest BCUT2D eigenvalue weighted by Gasteiger charge is 2.19. The predicted molar refractivity (Wildman–Crippen MR) is 129 cm³/mol. The highest BCUT2D eigenvalue weighted by molar-refractivity contribution is 7.94. The zero-order chi connectivity index (χ0) is 22.5. The first kappa shape index (κ1) is 25.5. The van der Waals surface area contributed by atoms with Crippen LogP contribution in [0.1, 0.15) is 75.3 Å². The monoisotopic (exact) mass is 448 g/mol. The largest absolute Gasteiger partial charge is 0.497 e. The van der Waals surface area contributed by atoms with Gasteiger partial charge in [0.1, 0.15) is 17.3 Å². The molecule has 31 heavy (non-hydrogen) atoms. The second kappa shape index (κ2) is 14.4. The zero-order valence-corrected chi connectivity index (χ0v) is 19.9. The summed E-state index contributed by atoms with van der Waals surface area (Å²) < 4.78 is 32.7. The molecule has 3 nitrogen and oxygen atoms in total. The second-order valence-corrected chi connectivity index (χ2v) is 9.27. The SMILES string of the molecule is C1CC1.COc1ccc(F)c(C2CCCCC2)c1.COc1cccc(CC(C)SO)c1. The van der Waals surface area contributed by atoms with Gasteiger partial charge in [0.25, 0.3) is 0 Å². The molecule has 2 aromatic rings. The lowest BCUT2D eigenvalue weighted by Gasteiger charge is -2.22. The predicted octanol–water partition coefficient (Wildman–Crippen LogP) is 7.88. The van der Waals surface area contributed by atoms with E-state index >= 15 is 0 Å². The number of methoxy groups -OCH3 is 2. The van der Waals surface area contributed by atoms with Crippen LogP contribution in [0, 0.1) is 5.82 Å². The van der Waals surface area contributed by atoms with E-state index < -0.39 is 0 Å². The number of hydrogen-bond donors (Lipinski definition) is 1. The fourth-order valence-electron chi connectivity index (χ4n) is 3.54. The molecule has 4 rings (SSSR count). The molecule has 2 aromatic carbocycles. The maximum absolute atomic E-state index is 13.6. The van der Waals surface area contributed by atoms with E-state index in [9.17, 15) is 4.39 Å². The molecule has 0 spiro atoms. The number of ether oxygens (including phenoxy) is 2. The number of rotatable bonds is 6. The average molecular weight is 449 g/mol. The van der Waals surface area contributed by atoms with E-state index in [0.717, 1.165) is 48.4 Å². The Hall–Kier alpha value is -1.72. The molecule has 1 atom stereocenters. The number of halogens is 1. The summed E-state index contributed by atoms with van der Waals surface area (Å²) in [6, 6.07) is 13.0. The van der Waals surface area contributed by atoms with Gasteiger partial charge in [0.05, 0.1) is 14.2 Å². The van der Waals surface area contributed by atoms with Crippen LogP contribution in [0.25, 0.3) is 0 Å². The van der Waals surface area contributed by atoms with Gasteiger partial charge in [0.2, 0.25) is 0 Å². The Morgan fingerprint density at radius 3 is 2.13 bits per heavy atom. The summed E-state index contributed by atoms with van der Waals surface area (Å²) in [7, 11) is 3.28. The zero-order valence-electron chi connectivity index (χ0n) is 19.1. The molecule has 1 N–H and O–H groups in total. The van der Waals surface area contributed by atoms with Gasteiger partial charge in [-0.2, -0.15) is 0 Å². The third-order valence-electron chi connectivity index (χ3n) is 5.44. The van der Waals surface area contributed by atoms with Crippen molar-refractivity contribution in [1.29, 1.82) is 0 Å². The van der Waals surface area contributed by atoms with Crippen LogP contribution in [0.5, 0.6) is 11.5 Å². The van der Waals surface area contributed by atoms with Gasteiger partial charge in [-0.25, -0.2) is 4.39 Å². The Morgan fingerprint density at radius 2 is 1.55 bits per heavy atom. The van der Waals surface area contributed by atoms with Crippen molar-refractivity contribution in [1.82, 2.24) is 0 Å². The van der Waals surface area contributed by atoms with Gasteiger partial charge in [-0.1, -0.05) is 57.6 Å². The molecular formula is C26H37FO3S. The van der Waals surface area contributed by atoms with Gasteiger partial charge < -0.3 is 14.0 Å². The molecule has 0 aliphatic heterocycles. The molecule has 0 saturated heterocycles. The summed E-state index contributed by atoms with van der Waals surface area (Å²) in [5.74, 6) is 1.95. The molecule has 0 amide bonds. The summed E-state index contributed by atoms with van der Waals surface area (Å²) >= 11 is 0.892. The van der Waals surface area contributed by atoms with Crippen LogP contribution in [0.15, 0.2) is 42.5 Å². The molecule has 0 aromatic heterocycles. The quantitative estimate of drug-likeness (QED) is 0.456. The van der Waals surface area contributed by atoms with E-state index in [-0.39, 0.29) is 11.1 Å². The van der Waals surface area contributed by atoms with E-state index in [0.29, 0.717) is 5.92 Å². The van der Waals surface area contributed by atoms with Crippen LogP contribution >= 0.6 is 12.0 Å². The fourth-order valence-corrected chi connectivity index (χ4v) is 3.81. The highest BCUT2D eigenvalue weighted by Crippen LogP contribution is 2.35. The van der Waals surface area contributed by atoms with Gasteiger partial charge in [-0.3, -0.25) is 0 Å². The lowest BCUT2D eigenvalue weighted by Crippen LogP contribution is -2.06. The molecule has 2 aliphatic rings. The van der Waals surface area contributed by atoms with Crippen LogP contribution in [-0.2, 0) is 6.42 Å². The van der Waals surface area contributed by atoms with Crippen LogP contribution in [0.3, 0.4) is 0 Å². The second-order valence-electron chi connectivity index (χ2n) is 8.25. The smallest absolute Gasteiger partial charge is 0.126 e. The van der Waals surface area contributed by atoms with Crippen LogP contribution in [0.4, 0.5) is 4.39 Å². The highest BCUT2D eigenvalue weighted by atomic mass is 32.2. The molecule has 2 aliphatic carbocycles. The Balaban J connectivity index is 0.000000195. The summed E-state index contributed by atoms with van der Waals surface area (Å²) in [5.41, 5.74) is 2.03.